The molecule has 0 saturated carbocycles. The summed E-state index contributed by atoms with van der Waals surface area (Å²) < 4.78 is 30.5. The van der Waals surface area contributed by atoms with Gasteiger partial charge in [0.05, 0.1) is 24.0 Å². The van der Waals surface area contributed by atoms with Crippen LogP contribution in [0.2, 0.25) is 0 Å². The monoisotopic (exact) mass is 289 g/mol. The highest BCUT2D eigenvalue weighted by molar-refractivity contribution is 5.27. The van der Waals surface area contributed by atoms with E-state index in [1.54, 1.807) is 12.4 Å². The van der Waals surface area contributed by atoms with Gasteiger partial charge in [-0.15, -0.1) is 0 Å². The molecule has 1 N–H and O–H groups in total. The number of hydrogen-bond donors (Lipinski definition) is 1. The topological polar surface area (TPSA) is 43.0 Å². The number of nitrogens with zero attached hydrogens (tertiary/aromatic N) is 3. The summed E-state index contributed by atoms with van der Waals surface area (Å²) in [5, 5.41) is 14.1. The van der Waals surface area contributed by atoms with Gasteiger partial charge < -0.3 is 9.67 Å². The van der Waals surface area contributed by atoms with E-state index in [2.05, 4.69) is 5.10 Å². The summed E-state index contributed by atoms with van der Waals surface area (Å²) in [5.41, 5.74) is 0.469. The van der Waals surface area contributed by atoms with Crippen LogP contribution in [0.15, 0.2) is 55.1 Å². The lowest BCUT2D eigenvalue weighted by Crippen LogP contribution is -2.12. The molecule has 108 valence electrons. The molecule has 1 atom stereocenters. The lowest BCUT2D eigenvalue weighted by Gasteiger charge is -2.12. The molecule has 2 aromatic heterocycles. The molecule has 0 fully saturated rings. The summed E-state index contributed by atoms with van der Waals surface area (Å²) in [6, 6.07) is 7.26. The molecule has 0 spiro atoms. The normalized spacial score (nSPS) is 12.5. The van der Waals surface area contributed by atoms with Crippen LogP contribution in [0.25, 0.3) is 5.69 Å². The van der Waals surface area contributed by atoms with Crippen LogP contribution in [0, 0.1) is 11.6 Å². The Hall–Kier alpha value is -2.47. The van der Waals surface area contributed by atoms with Crippen LogP contribution in [0.4, 0.5) is 8.78 Å². The Labute approximate surface area is 119 Å². The van der Waals surface area contributed by atoms with E-state index in [1.807, 2.05) is 29.1 Å². The van der Waals surface area contributed by atoms with Crippen molar-refractivity contribution in [3.05, 3.63) is 72.3 Å². The van der Waals surface area contributed by atoms with Gasteiger partial charge in [-0.1, -0.05) is 6.07 Å². The van der Waals surface area contributed by atoms with Crippen molar-refractivity contribution in [1.29, 1.82) is 0 Å². The molecule has 0 aliphatic rings. The van der Waals surface area contributed by atoms with E-state index in [0.29, 0.717) is 0 Å². The van der Waals surface area contributed by atoms with Crippen molar-refractivity contribution >= 4 is 0 Å². The first-order chi connectivity index (χ1) is 10.1. The van der Waals surface area contributed by atoms with E-state index in [0.717, 1.165) is 17.8 Å². The third kappa shape index (κ3) is 2.71. The second kappa shape index (κ2) is 5.49. The van der Waals surface area contributed by atoms with Gasteiger partial charge in [-0.25, -0.2) is 8.78 Å². The van der Waals surface area contributed by atoms with Gasteiger partial charge in [0, 0.05) is 18.6 Å². The van der Waals surface area contributed by atoms with Crippen LogP contribution in [0.3, 0.4) is 0 Å². The minimum Gasteiger partial charge on any atom is -0.386 e. The van der Waals surface area contributed by atoms with E-state index < -0.39 is 17.7 Å². The summed E-state index contributed by atoms with van der Waals surface area (Å²) in [7, 11) is 0. The molecule has 0 radical (unpaired) electrons. The molecule has 0 bridgehead atoms. The van der Waals surface area contributed by atoms with Gasteiger partial charge in [-0.2, -0.15) is 5.10 Å². The number of benzene rings is 1. The molecular weight excluding hydrogens is 276 g/mol. The molecule has 6 heteroatoms. The minimum atomic E-state index is -1.30. The number of rotatable bonds is 4. The summed E-state index contributed by atoms with van der Waals surface area (Å²) >= 11 is 0. The maximum Gasteiger partial charge on any atom is 0.132 e. The van der Waals surface area contributed by atoms with Gasteiger partial charge in [0.25, 0.3) is 0 Å². The Balaban J connectivity index is 1.81. The summed E-state index contributed by atoms with van der Waals surface area (Å²) in [6.07, 6.45) is 5.72. The number of aromatic nitrogens is 3. The van der Waals surface area contributed by atoms with Gasteiger partial charge in [-0.05, 0) is 24.3 Å². The number of hydrogen-bond acceptors (Lipinski definition) is 2. The Morgan fingerprint density at radius 3 is 2.43 bits per heavy atom. The molecule has 0 saturated heterocycles. The van der Waals surface area contributed by atoms with Gasteiger partial charge >= 0.3 is 0 Å². The molecule has 3 rings (SSSR count). The average molecular weight is 289 g/mol. The highest BCUT2D eigenvalue weighted by atomic mass is 19.1. The van der Waals surface area contributed by atoms with Crippen LogP contribution in [0.5, 0.6) is 0 Å². The standard InChI is InChI=1S/C15H13F2N3O/c16-12-4-3-5-13(17)15(12)14(21)10-20-9-11(8-18-20)19-6-1-2-7-19/h1-9,14,21H,10H2. The second-order valence-corrected chi connectivity index (χ2v) is 4.66. The zero-order chi connectivity index (χ0) is 14.8. The van der Waals surface area contributed by atoms with Gasteiger partial charge in [-0.3, -0.25) is 4.68 Å². The van der Waals surface area contributed by atoms with E-state index in [4.69, 9.17) is 0 Å². The first-order valence-electron chi connectivity index (χ1n) is 6.43. The van der Waals surface area contributed by atoms with Gasteiger partial charge in [0.2, 0.25) is 0 Å². The van der Waals surface area contributed by atoms with E-state index in [1.165, 1.54) is 10.7 Å². The molecule has 0 aliphatic carbocycles. The van der Waals surface area contributed by atoms with Crippen molar-refractivity contribution in [2.24, 2.45) is 0 Å². The van der Waals surface area contributed by atoms with Crippen LogP contribution in [-0.2, 0) is 6.54 Å². The summed E-state index contributed by atoms with van der Waals surface area (Å²) in [4.78, 5) is 0. The third-order valence-corrected chi connectivity index (χ3v) is 3.22. The predicted molar refractivity (Wildman–Crippen MR) is 72.9 cm³/mol. The highest BCUT2D eigenvalue weighted by Gasteiger charge is 2.18. The fourth-order valence-electron chi connectivity index (χ4n) is 2.19. The van der Waals surface area contributed by atoms with Crippen LogP contribution >= 0.6 is 0 Å². The fourth-order valence-corrected chi connectivity index (χ4v) is 2.19. The van der Waals surface area contributed by atoms with Gasteiger partial charge in [0.15, 0.2) is 0 Å². The van der Waals surface area contributed by atoms with Crippen molar-refractivity contribution in [3.8, 4) is 5.69 Å². The molecule has 3 aromatic rings. The Bertz CT molecular complexity index is 717. The molecule has 0 aliphatic heterocycles. The van der Waals surface area contributed by atoms with E-state index in [-0.39, 0.29) is 12.1 Å². The Morgan fingerprint density at radius 2 is 1.76 bits per heavy atom. The van der Waals surface area contributed by atoms with E-state index >= 15 is 0 Å². The van der Waals surface area contributed by atoms with Gasteiger partial charge in [0.1, 0.15) is 17.7 Å². The molecule has 1 aromatic carbocycles. The summed E-state index contributed by atoms with van der Waals surface area (Å²) in [6.45, 7) is -0.0286. The highest BCUT2D eigenvalue weighted by Crippen LogP contribution is 2.22. The fraction of sp³-hybridized carbons (Fsp3) is 0.133. The number of halogens is 2. The Kier molecular flexibility index (Phi) is 3.53. The predicted octanol–water partition coefficient (Wildman–Crippen LogP) is 2.69. The zero-order valence-electron chi connectivity index (χ0n) is 11.0. The van der Waals surface area contributed by atoms with Crippen molar-refractivity contribution in [3.63, 3.8) is 0 Å². The molecule has 0 amide bonds. The second-order valence-electron chi connectivity index (χ2n) is 4.66. The lowest BCUT2D eigenvalue weighted by atomic mass is 10.1. The minimum absolute atomic E-state index is 0.0286. The first kappa shape index (κ1) is 13.5. The average Bonchev–Trinajstić information content (AvgIpc) is 3.08. The number of aliphatic hydroxyl groups excluding tert-OH is 1. The van der Waals surface area contributed by atoms with E-state index in [9.17, 15) is 13.9 Å². The number of aliphatic hydroxyl groups is 1. The lowest BCUT2D eigenvalue weighted by molar-refractivity contribution is 0.142. The molecule has 4 nitrogen and oxygen atoms in total. The molecule has 2 heterocycles. The maximum absolute atomic E-state index is 13.6. The van der Waals surface area contributed by atoms with Crippen molar-refractivity contribution in [2.45, 2.75) is 12.6 Å². The zero-order valence-corrected chi connectivity index (χ0v) is 11.0. The largest absolute Gasteiger partial charge is 0.386 e. The SMILES string of the molecule is OC(Cn1cc(-n2cccc2)cn1)c1c(F)cccc1F. The molecular formula is C15H13F2N3O. The Morgan fingerprint density at radius 1 is 1.10 bits per heavy atom. The molecule has 1 unspecified atom stereocenters. The summed E-state index contributed by atoms with van der Waals surface area (Å²) in [5.74, 6) is -1.53. The van der Waals surface area contributed by atoms with Crippen LogP contribution in [-0.4, -0.2) is 19.5 Å². The van der Waals surface area contributed by atoms with Crippen molar-refractivity contribution in [1.82, 2.24) is 14.3 Å². The smallest absolute Gasteiger partial charge is 0.132 e. The first-order valence-corrected chi connectivity index (χ1v) is 6.43. The molecule has 21 heavy (non-hydrogen) atoms. The van der Waals surface area contributed by atoms with Crippen LogP contribution < -0.4 is 0 Å². The third-order valence-electron chi connectivity index (χ3n) is 3.22. The van der Waals surface area contributed by atoms with Crippen molar-refractivity contribution < 1.29 is 13.9 Å². The van der Waals surface area contributed by atoms with Crippen molar-refractivity contribution in [2.75, 3.05) is 0 Å². The quantitative estimate of drug-likeness (QED) is 0.802. The maximum atomic E-state index is 13.6. The van der Waals surface area contributed by atoms with Crippen LogP contribution in [0.1, 0.15) is 11.7 Å².